The maximum Gasteiger partial charge on any atom is 0.0382 e. The highest BCUT2D eigenvalue weighted by Gasteiger charge is 1.73. The zero-order valence-corrected chi connectivity index (χ0v) is 6.98. The molecule has 0 amide bonds. The summed E-state index contributed by atoms with van der Waals surface area (Å²) in [6.45, 7) is 1.96. The Labute approximate surface area is 62.6 Å². The lowest BCUT2D eigenvalue weighted by molar-refractivity contribution is 1.66. The van der Waals surface area contributed by atoms with E-state index in [4.69, 9.17) is 0 Å². The van der Waals surface area contributed by atoms with Crippen LogP contribution in [0.3, 0.4) is 0 Å². The maximum atomic E-state index is 3.64. The van der Waals surface area contributed by atoms with Gasteiger partial charge in [0.2, 0.25) is 0 Å². The predicted octanol–water partition coefficient (Wildman–Crippen LogP) is 2.24. The summed E-state index contributed by atoms with van der Waals surface area (Å²) in [6.07, 6.45) is 1.69. The second-order valence-electron chi connectivity index (χ2n) is 1.10. The van der Waals surface area contributed by atoms with Gasteiger partial charge in [-0.1, -0.05) is 22.6 Å². The Balaban J connectivity index is 3.58. The molecule has 0 saturated carbocycles. The van der Waals surface area contributed by atoms with Crippen molar-refractivity contribution in [3.05, 3.63) is 9.66 Å². The van der Waals surface area contributed by atoms with Gasteiger partial charge >= 0.3 is 0 Å². The van der Waals surface area contributed by atoms with E-state index in [-0.39, 0.29) is 0 Å². The topological polar surface area (TPSA) is 12.4 Å². The number of allylic oxidation sites excluding steroid dienone is 1. The van der Waals surface area contributed by atoms with Crippen molar-refractivity contribution in [1.29, 1.82) is 0 Å². The fourth-order valence-electron chi connectivity index (χ4n) is 0.119. The molecule has 0 aliphatic carbocycles. The minimum absolute atomic E-state index is 1.12. The number of halogens is 1. The van der Waals surface area contributed by atoms with Crippen LogP contribution in [0, 0.1) is 0 Å². The number of hydrogen-bond acceptors (Lipinski definition) is 2. The first-order chi connectivity index (χ1) is 3.31. The molecular weight excluding hydrogens is 221 g/mol. The molecule has 0 aliphatic heterocycles. The molecule has 0 rings (SSSR count). The van der Waals surface area contributed by atoms with E-state index in [1.165, 1.54) is 0 Å². The average Bonchev–Trinajstić information content (AvgIpc) is 1.68. The van der Waals surface area contributed by atoms with Crippen LogP contribution in [-0.4, -0.2) is 6.21 Å². The SMILES string of the molecule is CC(/C=N\S)=C/I. The Hall–Kier alpha value is 0.490. The van der Waals surface area contributed by atoms with Crippen molar-refractivity contribution < 1.29 is 0 Å². The minimum Gasteiger partial charge on any atom is -0.228 e. The molecule has 40 valence electrons. The van der Waals surface area contributed by atoms with Gasteiger partial charge in [0, 0.05) is 6.21 Å². The van der Waals surface area contributed by atoms with Gasteiger partial charge in [0.1, 0.15) is 0 Å². The highest BCUT2D eigenvalue weighted by molar-refractivity contribution is 14.1. The Bertz CT molecular complexity index is 97.9. The van der Waals surface area contributed by atoms with Crippen molar-refractivity contribution in [3.63, 3.8) is 0 Å². The second kappa shape index (κ2) is 4.64. The van der Waals surface area contributed by atoms with E-state index in [2.05, 4.69) is 39.8 Å². The third-order valence-electron chi connectivity index (χ3n) is 0.433. The first-order valence-corrected chi connectivity index (χ1v) is 3.40. The summed E-state index contributed by atoms with van der Waals surface area (Å²) in [6, 6.07) is 0. The van der Waals surface area contributed by atoms with Gasteiger partial charge in [0.15, 0.2) is 0 Å². The lowest BCUT2D eigenvalue weighted by atomic mass is 10.4. The quantitative estimate of drug-likeness (QED) is 0.400. The van der Waals surface area contributed by atoms with Crippen LogP contribution >= 0.6 is 35.4 Å². The molecule has 0 saturated heterocycles. The summed E-state index contributed by atoms with van der Waals surface area (Å²) in [5.74, 6) is 0. The fourth-order valence-corrected chi connectivity index (χ4v) is 0.462. The molecule has 0 N–H and O–H groups in total. The molecule has 0 aromatic heterocycles. The minimum atomic E-state index is 1.12. The van der Waals surface area contributed by atoms with Crippen LogP contribution in [0.5, 0.6) is 0 Å². The Morgan fingerprint density at radius 1 is 1.86 bits per heavy atom. The van der Waals surface area contributed by atoms with Gasteiger partial charge in [-0.3, -0.25) is 0 Å². The largest absolute Gasteiger partial charge is 0.228 e. The molecular formula is C4H6INS. The number of rotatable bonds is 1. The van der Waals surface area contributed by atoms with E-state index < -0.39 is 0 Å². The average molecular weight is 227 g/mol. The molecule has 0 fully saturated rings. The standard InChI is InChI=1S/C4H6INS/c1-4(2-5)3-6-7/h2-3,7H,1H3/b4-2-,6-3-. The lowest BCUT2D eigenvalue weighted by Crippen LogP contribution is -1.68. The first kappa shape index (κ1) is 7.49. The van der Waals surface area contributed by atoms with Crippen molar-refractivity contribution >= 4 is 41.6 Å². The third kappa shape index (κ3) is 4.34. The molecule has 0 atom stereocenters. The van der Waals surface area contributed by atoms with Crippen molar-refractivity contribution in [2.45, 2.75) is 6.92 Å². The number of thiol groups is 1. The van der Waals surface area contributed by atoms with E-state index in [0.717, 1.165) is 5.57 Å². The fraction of sp³-hybridized carbons (Fsp3) is 0.250. The molecule has 0 radical (unpaired) electrons. The normalized spacial score (nSPS) is 13.3. The van der Waals surface area contributed by atoms with Crippen LogP contribution in [0.25, 0.3) is 0 Å². The van der Waals surface area contributed by atoms with Gasteiger partial charge in [-0.2, -0.15) is 0 Å². The Morgan fingerprint density at radius 2 is 2.43 bits per heavy atom. The highest BCUT2D eigenvalue weighted by Crippen LogP contribution is 1.93. The molecule has 0 aromatic rings. The molecule has 1 nitrogen and oxygen atoms in total. The zero-order valence-electron chi connectivity index (χ0n) is 3.93. The summed E-state index contributed by atoms with van der Waals surface area (Å²) in [4.78, 5) is 0. The molecule has 0 spiro atoms. The van der Waals surface area contributed by atoms with Crippen LogP contribution in [-0.2, 0) is 0 Å². The van der Waals surface area contributed by atoms with Gasteiger partial charge in [0.25, 0.3) is 0 Å². The number of hydrogen-bond donors (Lipinski definition) is 1. The Kier molecular flexibility index (Phi) is 4.97. The van der Waals surface area contributed by atoms with E-state index in [1.54, 1.807) is 6.21 Å². The molecule has 0 heterocycles. The van der Waals surface area contributed by atoms with Gasteiger partial charge in [-0.25, -0.2) is 4.40 Å². The molecule has 0 aromatic carbocycles. The predicted molar refractivity (Wildman–Crippen MR) is 45.3 cm³/mol. The molecule has 3 heteroatoms. The Morgan fingerprint density at radius 3 is 2.57 bits per heavy atom. The van der Waals surface area contributed by atoms with Crippen LogP contribution in [0.2, 0.25) is 0 Å². The number of nitrogens with zero attached hydrogens (tertiary/aromatic N) is 1. The second-order valence-corrected chi connectivity index (χ2v) is 1.95. The summed E-state index contributed by atoms with van der Waals surface area (Å²) in [5, 5.41) is 0. The lowest BCUT2D eigenvalue weighted by Gasteiger charge is -1.78. The summed E-state index contributed by atoms with van der Waals surface area (Å²) >= 11 is 5.79. The van der Waals surface area contributed by atoms with E-state index in [9.17, 15) is 0 Å². The third-order valence-corrected chi connectivity index (χ3v) is 1.53. The zero-order chi connectivity index (χ0) is 5.70. The highest BCUT2D eigenvalue weighted by atomic mass is 127. The van der Waals surface area contributed by atoms with E-state index >= 15 is 0 Å². The van der Waals surface area contributed by atoms with Gasteiger partial charge in [0.05, 0.1) is 0 Å². The van der Waals surface area contributed by atoms with Gasteiger partial charge in [-0.15, -0.1) is 0 Å². The molecule has 0 aliphatic rings. The van der Waals surface area contributed by atoms with Crippen LogP contribution < -0.4 is 0 Å². The van der Waals surface area contributed by atoms with Crippen molar-refractivity contribution in [2.24, 2.45) is 4.40 Å². The summed E-state index contributed by atoms with van der Waals surface area (Å²) in [7, 11) is 0. The van der Waals surface area contributed by atoms with Crippen LogP contribution in [0.15, 0.2) is 14.1 Å². The summed E-state index contributed by atoms with van der Waals surface area (Å²) < 4.78 is 5.44. The van der Waals surface area contributed by atoms with Crippen LogP contribution in [0.4, 0.5) is 0 Å². The smallest absolute Gasteiger partial charge is 0.0382 e. The maximum absolute atomic E-state index is 3.64. The molecule has 7 heavy (non-hydrogen) atoms. The monoisotopic (exact) mass is 227 g/mol. The van der Waals surface area contributed by atoms with E-state index in [1.807, 2.05) is 11.0 Å². The van der Waals surface area contributed by atoms with Crippen LogP contribution in [0.1, 0.15) is 6.92 Å². The summed E-state index contributed by atoms with van der Waals surface area (Å²) in [5.41, 5.74) is 1.12. The van der Waals surface area contributed by atoms with E-state index in [0.29, 0.717) is 0 Å². The molecule has 0 bridgehead atoms. The molecule has 0 unspecified atom stereocenters. The van der Waals surface area contributed by atoms with Crippen molar-refractivity contribution in [1.82, 2.24) is 0 Å². The van der Waals surface area contributed by atoms with Gasteiger partial charge in [-0.05, 0) is 29.4 Å². The van der Waals surface area contributed by atoms with Crippen molar-refractivity contribution in [3.8, 4) is 0 Å². The first-order valence-electron chi connectivity index (χ1n) is 1.75. The van der Waals surface area contributed by atoms with Crippen molar-refractivity contribution in [2.75, 3.05) is 0 Å². The van der Waals surface area contributed by atoms with Gasteiger partial charge < -0.3 is 0 Å².